The molecule has 1 N–H and O–H groups in total. The predicted octanol–water partition coefficient (Wildman–Crippen LogP) is 2.49. The van der Waals surface area contributed by atoms with Crippen molar-refractivity contribution in [1.82, 2.24) is 29.5 Å². The lowest BCUT2D eigenvalue weighted by molar-refractivity contribution is -0.141. The molecule has 2 aromatic rings. The number of nitrogens with zero attached hydrogens (tertiary/aromatic N) is 5. The third kappa shape index (κ3) is 4.39. The molecule has 1 saturated carbocycles. The molecule has 3 amide bonds. The van der Waals surface area contributed by atoms with E-state index in [0.717, 1.165) is 63.5 Å². The number of piperidine rings is 1. The summed E-state index contributed by atoms with van der Waals surface area (Å²) >= 11 is 0. The van der Waals surface area contributed by atoms with Gasteiger partial charge in [-0.1, -0.05) is 0 Å². The molecule has 4 fully saturated rings. The van der Waals surface area contributed by atoms with E-state index >= 15 is 0 Å². The van der Waals surface area contributed by atoms with Crippen molar-refractivity contribution in [2.75, 3.05) is 32.8 Å². The summed E-state index contributed by atoms with van der Waals surface area (Å²) in [5, 5.41) is 2.94. The van der Waals surface area contributed by atoms with Crippen LogP contribution in [-0.4, -0.2) is 81.0 Å². The molecule has 6 rings (SSSR count). The zero-order chi connectivity index (χ0) is 25.1. The second kappa shape index (κ2) is 8.60. The predicted molar refractivity (Wildman–Crippen MR) is 121 cm³/mol. The first-order chi connectivity index (χ1) is 17.2. The molecule has 0 radical (unpaired) electrons. The van der Waals surface area contributed by atoms with Crippen LogP contribution in [0.2, 0.25) is 0 Å². The number of rotatable bonds is 2. The van der Waals surface area contributed by atoms with E-state index in [4.69, 9.17) is 4.74 Å². The van der Waals surface area contributed by atoms with Gasteiger partial charge in [0.25, 0.3) is 0 Å². The first-order valence-electron chi connectivity index (χ1n) is 12.5. The summed E-state index contributed by atoms with van der Waals surface area (Å²) in [7, 11) is 0. The largest absolute Gasteiger partial charge is 0.434 e. The Hall–Kier alpha value is -2.89. The third-order valence-corrected chi connectivity index (χ3v) is 8.27. The maximum atomic E-state index is 13.1. The van der Waals surface area contributed by atoms with Gasteiger partial charge in [0.1, 0.15) is 6.61 Å². The van der Waals surface area contributed by atoms with Crippen molar-refractivity contribution < 1.29 is 27.5 Å². The van der Waals surface area contributed by atoms with Crippen LogP contribution in [-0.2, 0) is 22.1 Å². The lowest BCUT2D eigenvalue weighted by Crippen LogP contribution is -2.66. The minimum absolute atomic E-state index is 0.0135. The van der Waals surface area contributed by atoms with Crippen LogP contribution < -0.4 is 5.32 Å². The molecule has 5 heterocycles. The van der Waals surface area contributed by atoms with Crippen molar-refractivity contribution in [3.05, 3.63) is 30.0 Å². The SMILES string of the molecule is O=C1CO[C@H]2CCN(C(=O)N3CC4(CCC(Cc5cn6cc(C(F)(F)F)nc6cn5)CC4)C3)C[C@H]2N1. The average Bonchev–Trinajstić information content (AvgIpc) is 3.26. The number of hydrogen-bond acceptors (Lipinski definition) is 5. The molecule has 2 aromatic heterocycles. The molecular weight excluding hydrogens is 477 g/mol. The highest BCUT2D eigenvalue weighted by atomic mass is 19.4. The highest BCUT2D eigenvalue weighted by Crippen LogP contribution is 2.46. The molecule has 0 unspecified atom stereocenters. The van der Waals surface area contributed by atoms with Crippen molar-refractivity contribution in [1.29, 1.82) is 0 Å². The van der Waals surface area contributed by atoms with Crippen LogP contribution in [0.5, 0.6) is 0 Å². The number of halogens is 3. The van der Waals surface area contributed by atoms with Crippen molar-refractivity contribution in [2.45, 2.75) is 56.8 Å². The first kappa shape index (κ1) is 23.5. The van der Waals surface area contributed by atoms with E-state index in [2.05, 4.69) is 15.3 Å². The first-order valence-corrected chi connectivity index (χ1v) is 12.5. The summed E-state index contributed by atoms with van der Waals surface area (Å²) in [4.78, 5) is 36.4. The number of carbonyl (C=O) groups excluding carboxylic acids is 2. The number of carbonyl (C=O) groups is 2. The quantitative estimate of drug-likeness (QED) is 0.676. The second-order valence-corrected chi connectivity index (χ2v) is 10.8. The molecule has 12 heteroatoms. The van der Waals surface area contributed by atoms with Gasteiger partial charge in [0.2, 0.25) is 5.91 Å². The Morgan fingerprint density at radius 3 is 2.69 bits per heavy atom. The van der Waals surface area contributed by atoms with Gasteiger partial charge in [-0.15, -0.1) is 0 Å². The van der Waals surface area contributed by atoms with Crippen LogP contribution in [0.3, 0.4) is 0 Å². The molecule has 36 heavy (non-hydrogen) atoms. The van der Waals surface area contributed by atoms with Crippen LogP contribution in [0.25, 0.3) is 5.65 Å². The van der Waals surface area contributed by atoms with Crippen LogP contribution >= 0.6 is 0 Å². The van der Waals surface area contributed by atoms with Gasteiger partial charge in [-0.25, -0.2) is 9.78 Å². The van der Waals surface area contributed by atoms with E-state index in [0.29, 0.717) is 19.0 Å². The van der Waals surface area contributed by atoms with E-state index in [1.54, 1.807) is 6.20 Å². The fraction of sp³-hybridized carbons (Fsp3) is 0.667. The van der Waals surface area contributed by atoms with Crippen molar-refractivity contribution in [2.24, 2.45) is 11.3 Å². The number of urea groups is 1. The second-order valence-electron chi connectivity index (χ2n) is 10.8. The summed E-state index contributed by atoms with van der Waals surface area (Å²) in [5.41, 5.74) is 0.208. The number of aromatic nitrogens is 3. The van der Waals surface area contributed by atoms with Gasteiger partial charge in [0.15, 0.2) is 11.3 Å². The minimum atomic E-state index is -4.47. The Balaban J connectivity index is 0.997. The fourth-order valence-electron chi connectivity index (χ4n) is 6.26. The van der Waals surface area contributed by atoms with Gasteiger partial charge >= 0.3 is 12.2 Å². The smallest absolute Gasteiger partial charge is 0.366 e. The van der Waals surface area contributed by atoms with E-state index in [-0.39, 0.29) is 41.8 Å². The Morgan fingerprint density at radius 1 is 1.17 bits per heavy atom. The van der Waals surface area contributed by atoms with Gasteiger partial charge in [-0.05, 0) is 44.4 Å². The number of ether oxygens (including phenoxy) is 1. The molecule has 3 aliphatic heterocycles. The Morgan fingerprint density at radius 2 is 1.94 bits per heavy atom. The summed E-state index contributed by atoms with van der Waals surface area (Å²) in [6.45, 7) is 2.73. The topological polar surface area (TPSA) is 92.1 Å². The lowest BCUT2D eigenvalue weighted by Gasteiger charge is -2.55. The van der Waals surface area contributed by atoms with E-state index in [1.165, 1.54) is 10.6 Å². The minimum Gasteiger partial charge on any atom is -0.366 e. The van der Waals surface area contributed by atoms with Crippen molar-refractivity contribution in [3.63, 3.8) is 0 Å². The van der Waals surface area contributed by atoms with E-state index in [1.807, 2.05) is 9.80 Å². The van der Waals surface area contributed by atoms with Crippen molar-refractivity contribution >= 4 is 17.6 Å². The number of hydrogen-bond donors (Lipinski definition) is 1. The Bertz CT molecular complexity index is 1170. The fourth-order valence-corrected chi connectivity index (χ4v) is 6.26. The van der Waals surface area contributed by atoms with Gasteiger partial charge in [0, 0.05) is 44.0 Å². The number of nitrogens with one attached hydrogen (secondary N) is 1. The Kier molecular flexibility index (Phi) is 5.62. The van der Waals surface area contributed by atoms with Crippen LogP contribution in [0.4, 0.5) is 18.0 Å². The molecule has 3 saturated heterocycles. The molecule has 194 valence electrons. The molecule has 9 nitrogen and oxygen atoms in total. The number of fused-ring (bicyclic) bond motifs is 2. The molecule has 4 aliphatic rings. The van der Waals surface area contributed by atoms with Crippen LogP contribution in [0, 0.1) is 11.3 Å². The highest BCUT2D eigenvalue weighted by molar-refractivity contribution is 5.79. The van der Waals surface area contributed by atoms with Gasteiger partial charge in [-0.2, -0.15) is 13.2 Å². The molecule has 2 atom stereocenters. The van der Waals surface area contributed by atoms with Gasteiger partial charge < -0.3 is 24.3 Å². The lowest BCUT2D eigenvalue weighted by atomic mass is 9.65. The number of amides is 3. The molecular formula is C24H29F3N6O3. The molecule has 1 aliphatic carbocycles. The molecule has 1 spiro atoms. The maximum Gasteiger partial charge on any atom is 0.434 e. The zero-order valence-corrected chi connectivity index (χ0v) is 19.8. The number of alkyl halides is 3. The number of morpholine rings is 1. The monoisotopic (exact) mass is 506 g/mol. The summed E-state index contributed by atoms with van der Waals surface area (Å²) < 4.78 is 45.8. The normalized spacial score (nSPS) is 26.6. The van der Waals surface area contributed by atoms with Crippen LogP contribution in [0.1, 0.15) is 43.5 Å². The molecule has 0 aromatic carbocycles. The molecule has 0 bridgehead atoms. The highest BCUT2D eigenvalue weighted by Gasteiger charge is 2.48. The standard InChI is InChI=1S/C24H29F3N6O3/c25-24(26,27)19-11-32-9-16(28-8-20(32)30-19)7-15-1-4-23(5-2-15)13-33(14-23)22(35)31-6-3-18-17(10-31)29-21(34)12-36-18/h8-9,11,15,17-18H,1-7,10,12-14H2,(H,29,34)/t17-,18+/m1/s1. The Labute approximate surface area is 206 Å². The summed E-state index contributed by atoms with van der Waals surface area (Å²) in [6.07, 6.45) is 5.10. The van der Waals surface area contributed by atoms with E-state index in [9.17, 15) is 22.8 Å². The van der Waals surface area contributed by atoms with Crippen LogP contribution in [0.15, 0.2) is 18.6 Å². The summed E-state index contributed by atoms with van der Waals surface area (Å²) in [6, 6.07) is -0.0955. The summed E-state index contributed by atoms with van der Waals surface area (Å²) in [5.74, 6) is 0.293. The van der Waals surface area contributed by atoms with E-state index < -0.39 is 11.9 Å². The average molecular weight is 507 g/mol. The zero-order valence-electron chi connectivity index (χ0n) is 19.8. The van der Waals surface area contributed by atoms with Gasteiger partial charge in [0.05, 0.1) is 24.0 Å². The number of likely N-dealkylation sites (tertiary alicyclic amines) is 2. The third-order valence-electron chi connectivity index (χ3n) is 8.27. The maximum absolute atomic E-state index is 13.1. The van der Waals surface area contributed by atoms with Crippen molar-refractivity contribution in [3.8, 4) is 0 Å². The number of imidazole rings is 1. The van der Waals surface area contributed by atoms with Gasteiger partial charge in [-0.3, -0.25) is 9.78 Å².